The molecule has 0 unspecified atom stereocenters. The summed E-state index contributed by atoms with van der Waals surface area (Å²) in [5.41, 5.74) is 1.25. The summed E-state index contributed by atoms with van der Waals surface area (Å²) in [4.78, 5) is 11.8. The topological polar surface area (TPSA) is 59.6 Å². The van der Waals surface area contributed by atoms with Gasteiger partial charge in [0.1, 0.15) is 5.60 Å². The van der Waals surface area contributed by atoms with Crippen LogP contribution in [0, 0.1) is 0 Å². The summed E-state index contributed by atoms with van der Waals surface area (Å²) in [7, 11) is 1.74. The van der Waals surface area contributed by atoms with Gasteiger partial charge >= 0.3 is 6.09 Å². The molecule has 0 radical (unpaired) electrons. The van der Waals surface area contributed by atoms with Crippen LogP contribution < -0.4 is 10.6 Å². The van der Waals surface area contributed by atoms with Crippen LogP contribution in [0.1, 0.15) is 26.3 Å². The third kappa shape index (κ3) is 4.44. The molecule has 1 amide bonds. The highest BCUT2D eigenvalue weighted by Crippen LogP contribution is 2.23. The van der Waals surface area contributed by atoms with Gasteiger partial charge in [-0.1, -0.05) is 12.1 Å². The van der Waals surface area contributed by atoms with Crippen LogP contribution in [0.3, 0.4) is 0 Å². The van der Waals surface area contributed by atoms with E-state index in [1.807, 2.05) is 45.0 Å². The third-order valence-corrected chi connectivity index (χ3v) is 3.43. The Morgan fingerprint density at radius 2 is 2.10 bits per heavy atom. The van der Waals surface area contributed by atoms with E-state index in [4.69, 9.17) is 9.47 Å². The minimum atomic E-state index is -0.501. The maximum absolute atomic E-state index is 11.8. The number of ether oxygens (including phenoxy) is 2. The Morgan fingerprint density at radius 1 is 1.38 bits per heavy atom. The predicted octanol–water partition coefficient (Wildman–Crippen LogP) is 2.56. The third-order valence-electron chi connectivity index (χ3n) is 3.43. The Morgan fingerprint density at radius 3 is 2.62 bits per heavy atom. The molecule has 0 aromatic heterocycles. The largest absolute Gasteiger partial charge is 0.444 e. The smallest absolute Gasteiger partial charge is 0.412 e. The number of rotatable bonds is 4. The van der Waals surface area contributed by atoms with Gasteiger partial charge in [-0.05, 0) is 38.5 Å². The van der Waals surface area contributed by atoms with Crippen molar-refractivity contribution in [3.8, 4) is 0 Å². The molecule has 0 aliphatic carbocycles. The van der Waals surface area contributed by atoms with Gasteiger partial charge in [-0.15, -0.1) is 0 Å². The summed E-state index contributed by atoms with van der Waals surface area (Å²) in [5, 5.41) is 5.99. The van der Waals surface area contributed by atoms with Crippen LogP contribution in [0.5, 0.6) is 0 Å². The van der Waals surface area contributed by atoms with Crippen LogP contribution >= 0.6 is 0 Å². The Hall–Kier alpha value is -1.59. The average molecular weight is 292 g/mol. The number of anilines is 1. The standard InChI is InChI=1S/C16H24N2O3/c1-15(2,3)21-14(19)18-13-7-5-6-12(8-13)9-16(20-4)10-17-11-16/h5-8,17H,9-11H2,1-4H3,(H,18,19). The maximum atomic E-state index is 11.8. The lowest BCUT2D eigenvalue weighted by Crippen LogP contribution is -2.61. The SMILES string of the molecule is COC1(Cc2cccc(NC(=O)OC(C)(C)C)c2)CNC1. The molecule has 0 saturated carbocycles. The normalized spacial score (nSPS) is 17.0. The van der Waals surface area contributed by atoms with Gasteiger partial charge in [0.25, 0.3) is 0 Å². The Kier molecular flexibility index (Phi) is 4.54. The van der Waals surface area contributed by atoms with Crippen molar-refractivity contribution in [3.63, 3.8) is 0 Å². The van der Waals surface area contributed by atoms with E-state index in [9.17, 15) is 4.79 Å². The summed E-state index contributed by atoms with van der Waals surface area (Å²) in [5.74, 6) is 0. The molecule has 1 heterocycles. The summed E-state index contributed by atoms with van der Waals surface area (Å²) in [6, 6.07) is 7.78. The molecule has 2 rings (SSSR count). The van der Waals surface area contributed by atoms with Gasteiger partial charge in [0.05, 0.1) is 5.60 Å². The highest BCUT2D eigenvalue weighted by atomic mass is 16.6. The van der Waals surface area contributed by atoms with Crippen LogP contribution in [0.15, 0.2) is 24.3 Å². The highest BCUT2D eigenvalue weighted by molar-refractivity contribution is 5.84. The fourth-order valence-corrected chi connectivity index (χ4v) is 2.30. The lowest BCUT2D eigenvalue weighted by molar-refractivity contribution is -0.0502. The Labute approximate surface area is 126 Å². The van der Waals surface area contributed by atoms with E-state index in [1.54, 1.807) is 7.11 Å². The first-order chi connectivity index (χ1) is 9.82. The molecule has 116 valence electrons. The molecule has 1 saturated heterocycles. The molecular formula is C16H24N2O3. The van der Waals surface area contributed by atoms with Gasteiger partial charge in [-0.2, -0.15) is 0 Å². The first kappa shape index (κ1) is 15.8. The molecule has 0 atom stereocenters. The number of nitrogens with one attached hydrogen (secondary N) is 2. The van der Waals surface area contributed by atoms with E-state index >= 15 is 0 Å². The predicted molar refractivity (Wildman–Crippen MR) is 82.6 cm³/mol. The van der Waals surface area contributed by atoms with Crippen LogP contribution in [-0.4, -0.2) is 37.5 Å². The van der Waals surface area contributed by atoms with E-state index in [0.717, 1.165) is 30.8 Å². The average Bonchev–Trinajstić information content (AvgIpc) is 2.32. The molecule has 0 bridgehead atoms. The Bertz CT molecular complexity index is 499. The zero-order valence-corrected chi connectivity index (χ0v) is 13.2. The molecular weight excluding hydrogens is 268 g/mol. The molecule has 21 heavy (non-hydrogen) atoms. The molecule has 5 nitrogen and oxygen atoms in total. The summed E-state index contributed by atoms with van der Waals surface area (Å²) in [6.45, 7) is 7.24. The van der Waals surface area contributed by atoms with Crippen molar-refractivity contribution in [3.05, 3.63) is 29.8 Å². The molecule has 0 spiro atoms. The number of carbonyl (C=O) groups excluding carboxylic acids is 1. The monoisotopic (exact) mass is 292 g/mol. The van der Waals surface area contributed by atoms with Crippen LogP contribution in [0.25, 0.3) is 0 Å². The summed E-state index contributed by atoms with van der Waals surface area (Å²) < 4.78 is 10.8. The van der Waals surface area contributed by atoms with Gasteiger partial charge in [0.2, 0.25) is 0 Å². The zero-order chi connectivity index (χ0) is 15.5. The van der Waals surface area contributed by atoms with Crippen molar-refractivity contribution >= 4 is 11.8 Å². The number of hydrogen-bond acceptors (Lipinski definition) is 4. The van der Waals surface area contributed by atoms with Crippen molar-refractivity contribution in [2.45, 2.75) is 38.4 Å². The quantitative estimate of drug-likeness (QED) is 0.895. The number of carbonyl (C=O) groups is 1. The van der Waals surface area contributed by atoms with Crippen molar-refractivity contribution in [1.29, 1.82) is 0 Å². The van der Waals surface area contributed by atoms with Gasteiger partial charge in [0, 0.05) is 32.3 Å². The van der Waals surface area contributed by atoms with Crippen molar-refractivity contribution in [2.24, 2.45) is 0 Å². The number of benzene rings is 1. The molecule has 2 N–H and O–H groups in total. The van der Waals surface area contributed by atoms with E-state index in [-0.39, 0.29) is 5.60 Å². The highest BCUT2D eigenvalue weighted by Gasteiger charge is 2.36. The lowest BCUT2D eigenvalue weighted by Gasteiger charge is -2.41. The van der Waals surface area contributed by atoms with E-state index in [0.29, 0.717) is 0 Å². The second-order valence-corrected chi connectivity index (χ2v) is 6.49. The number of amides is 1. The minimum Gasteiger partial charge on any atom is -0.444 e. The zero-order valence-electron chi connectivity index (χ0n) is 13.2. The molecule has 1 aromatic rings. The second-order valence-electron chi connectivity index (χ2n) is 6.49. The van der Waals surface area contributed by atoms with E-state index < -0.39 is 11.7 Å². The van der Waals surface area contributed by atoms with Crippen molar-refractivity contribution in [1.82, 2.24) is 5.32 Å². The molecule has 1 aliphatic heterocycles. The number of hydrogen-bond donors (Lipinski definition) is 2. The van der Waals surface area contributed by atoms with Gasteiger partial charge in [-0.25, -0.2) is 4.79 Å². The van der Waals surface area contributed by atoms with Gasteiger partial charge < -0.3 is 14.8 Å². The van der Waals surface area contributed by atoms with Gasteiger partial charge in [0.15, 0.2) is 0 Å². The van der Waals surface area contributed by atoms with E-state index in [1.165, 1.54) is 0 Å². The molecule has 5 heteroatoms. The Balaban J connectivity index is 1.99. The molecule has 1 aliphatic rings. The second kappa shape index (κ2) is 6.03. The maximum Gasteiger partial charge on any atom is 0.412 e. The first-order valence-corrected chi connectivity index (χ1v) is 7.17. The van der Waals surface area contributed by atoms with Crippen molar-refractivity contribution in [2.75, 3.05) is 25.5 Å². The molecule has 1 aromatic carbocycles. The summed E-state index contributed by atoms with van der Waals surface area (Å²) >= 11 is 0. The minimum absolute atomic E-state index is 0.120. The lowest BCUT2D eigenvalue weighted by atomic mass is 9.88. The summed E-state index contributed by atoms with van der Waals surface area (Å²) in [6.07, 6.45) is 0.381. The van der Waals surface area contributed by atoms with E-state index in [2.05, 4.69) is 10.6 Å². The fraction of sp³-hybridized carbons (Fsp3) is 0.562. The van der Waals surface area contributed by atoms with Crippen LogP contribution in [0.2, 0.25) is 0 Å². The van der Waals surface area contributed by atoms with Crippen molar-refractivity contribution < 1.29 is 14.3 Å². The van der Waals surface area contributed by atoms with Crippen LogP contribution in [-0.2, 0) is 15.9 Å². The first-order valence-electron chi connectivity index (χ1n) is 7.17. The fourth-order valence-electron chi connectivity index (χ4n) is 2.30. The molecule has 1 fully saturated rings. The van der Waals surface area contributed by atoms with Crippen LogP contribution in [0.4, 0.5) is 10.5 Å². The number of methoxy groups -OCH3 is 1. The van der Waals surface area contributed by atoms with Gasteiger partial charge in [-0.3, -0.25) is 5.32 Å².